The number of pyridine rings is 1. The van der Waals surface area contributed by atoms with Crippen LogP contribution >= 0.6 is 0 Å². The zero-order valence-electron chi connectivity index (χ0n) is 15.4. The molecule has 1 aliphatic heterocycles. The number of aryl methyl sites for hydroxylation is 1. The lowest BCUT2D eigenvalue weighted by Crippen LogP contribution is -2.50. The normalized spacial score (nSPS) is 14.1. The summed E-state index contributed by atoms with van der Waals surface area (Å²) in [4.78, 5) is 44.5. The number of carbonyl (C=O) groups is 3. The number of Topliss-reactive ketones (excluding diaryl/α,β-unsaturated/α-hetero) is 1. The Morgan fingerprint density at radius 1 is 0.889 bits per heavy atom. The minimum atomic E-state index is -0.114. The number of carbonyl (C=O) groups excluding carboxylic acids is 3. The summed E-state index contributed by atoms with van der Waals surface area (Å²) in [7, 11) is 0. The molecule has 1 saturated heterocycles. The quantitative estimate of drug-likeness (QED) is 0.763. The Labute approximate surface area is 158 Å². The molecule has 0 unspecified atom stereocenters. The average molecular weight is 365 g/mol. The number of hydrogen-bond acceptors (Lipinski definition) is 4. The van der Waals surface area contributed by atoms with Crippen molar-refractivity contribution in [1.82, 2.24) is 14.8 Å². The van der Waals surface area contributed by atoms with E-state index in [1.165, 1.54) is 0 Å². The minimum Gasteiger partial charge on any atom is -0.339 e. The fourth-order valence-electron chi connectivity index (χ4n) is 3.07. The molecule has 6 heteroatoms. The van der Waals surface area contributed by atoms with Gasteiger partial charge >= 0.3 is 0 Å². The van der Waals surface area contributed by atoms with Gasteiger partial charge in [-0.25, -0.2) is 0 Å². The van der Waals surface area contributed by atoms with Crippen molar-refractivity contribution in [1.29, 1.82) is 0 Å². The number of ketones is 1. The summed E-state index contributed by atoms with van der Waals surface area (Å²) in [6.07, 6.45) is 1.99. The molecule has 3 rings (SSSR count). The third kappa shape index (κ3) is 4.78. The topological polar surface area (TPSA) is 70.6 Å². The molecule has 0 radical (unpaired) electrons. The van der Waals surface area contributed by atoms with Gasteiger partial charge in [0.2, 0.25) is 5.91 Å². The zero-order valence-corrected chi connectivity index (χ0v) is 15.4. The zero-order chi connectivity index (χ0) is 19.2. The summed E-state index contributed by atoms with van der Waals surface area (Å²) in [6.45, 7) is 3.89. The summed E-state index contributed by atoms with van der Waals surface area (Å²) in [5, 5.41) is 0. The first-order chi connectivity index (χ1) is 13.0. The van der Waals surface area contributed by atoms with E-state index in [2.05, 4.69) is 4.98 Å². The van der Waals surface area contributed by atoms with Crippen molar-refractivity contribution in [3.8, 4) is 0 Å². The van der Waals surface area contributed by atoms with Gasteiger partial charge in [-0.3, -0.25) is 19.4 Å². The Morgan fingerprint density at radius 2 is 1.56 bits per heavy atom. The van der Waals surface area contributed by atoms with Crippen LogP contribution < -0.4 is 0 Å². The predicted octanol–water partition coefficient (Wildman–Crippen LogP) is 2.34. The SMILES string of the molecule is Cc1ccc(C(=O)CCC(=O)N2CCN(C(=O)c3ccccn3)CC2)cc1. The van der Waals surface area contributed by atoms with E-state index in [4.69, 9.17) is 0 Å². The van der Waals surface area contributed by atoms with Crippen LogP contribution in [0.5, 0.6) is 0 Å². The van der Waals surface area contributed by atoms with Gasteiger partial charge in [-0.15, -0.1) is 0 Å². The smallest absolute Gasteiger partial charge is 0.272 e. The van der Waals surface area contributed by atoms with Gasteiger partial charge in [-0.2, -0.15) is 0 Å². The molecule has 2 heterocycles. The van der Waals surface area contributed by atoms with Gasteiger partial charge in [0.05, 0.1) is 0 Å². The molecule has 2 amide bonds. The second-order valence-corrected chi connectivity index (χ2v) is 6.68. The van der Waals surface area contributed by atoms with E-state index in [1.54, 1.807) is 46.3 Å². The molecule has 1 aliphatic rings. The van der Waals surface area contributed by atoms with Crippen molar-refractivity contribution >= 4 is 17.6 Å². The molecule has 0 N–H and O–H groups in total. The maximum atomic E-state index is 12.4. The molecule has 1 fully saturated rings. The molecular formula is C21H23N3O3. The highest BCUT2D eigenvalue weighted by Gasteiger charge is 2.25. The Balaban J connectivity index is 1.46. The second-order valence-electron chi connectivity index (χ2n) is 6.68. The highest BCUT2D eigenvalue weighted by molar-refractivity contribution is 5.98. The average Bonchev–Trinajstić information content (AvgIpc) is 2.72. The Kier molecular flexibility index (Phi) is 5.96. The number of hydrogen-bond donors (Lipinski definition) is 0. The van der Waals surface area contributed by atoms with Crippen molar-refractivity contribution in [3.05, 3.63) is 65.5 Å². The molecule has 0 saturated carbocycles. The lowest BCUT2D eigenvalue weighted by Gasteiger charge is -2.34. The maximum absolute atomic E-state index is 12.4. The molecule has 0 bridgehead atoms. The first-order valence-corrected chi connectivity index (χ1v) is 9.12. The van der Waals surface area contributed by atoms with E-state index in [0.29, 0.717) is 37.4 Å². The fraction of sp³-hybridized carbons (Fsp3) is 0.333. The number of rotatable bonds is 5. The van der Waals surface area contributed by atoms with Crippen molar-refractivity contribution in [3.63, 3.8) is 0 Å². The lowest BCUT2D eigenvalue weighted by atomic mass is 10.0. The van der Waals surface area contributed by atoms with Crippen molar-refractivity contribution in [2.24, 2.45) is 0 Å². The van der Waals surface area contributed by atoms with Crippen LogP contribution in [-0.4, -0.2) is 58.6 Å². The van der Waals surface area contributed by atoms with Crippen LogP contribution in [0.2, 0.25) is 0 Å². The maximum Gasteiger partial charge on any atom is 0.272 e. The second kappa shape index (κ2) is 8.58. The molecule has 27 heavy (non-hydrogen) atoms. The van der Waals surface area contributed by atoms with Crippen LogP contribution in [-0.2, 0) is 4.79 Å². The molecule has 6 nitrogen and oxygen atoms in total. The van der Waals surface area contributed by atoms with E-state index in [9.17, 15) is 14.4 Å². The molecule has 1 aromatic heterocycles. The van der Waals surface area contributed by atoms with E-state index < -0.39 is 0 Å². The molecular weight excluding hydrogens is 342 g/mol. The van der Waals surface area contributed by atoms with E-state index in [-0.39, 0.29) is 30.4 Å². The molecule has 0 aliphatic carbocycles. The fourth-order valence-corrected chi connectivity index (χ4v) is 3.07. The Hall–Kier alpha value is -3.02. The van der Waals surface area contributed by atoms with Gasteiger partial charge < -0.3 is 9.80 Å². The van der Waals surface area contributed by atoms with Crippen molar-refractivity contribution in [2.45, 2.75) is 19.8 Å². The predicted molar refractivity (Wildman–Crippen MR) is 101 cm³/mol. The summed E-state index contributed by atoms with van der Waals surface area (Å²) in [6, 6.07) is 12.6. The first kappa shape index (κ1) is 18.8. The number of piperazine rings is 1. The minimum absolute atomic E-state index is 0.0210. The van der Waals surface area contributed by atoms with Gasteiger partial charge in [-0.05, 0) is 19.1 Å². The van der Waals surface area contributed by atoms with Crippen LogP contribution in [0.3, 0.4) is 0 Å². The summed E-state index contributed by atoms with van der Waals surface area (Å²) >= 11 is 0. The Morgan fingerprint density at radius 3 is 2.19 bits per heavy atom. The van der Waals surface area contributed by atoms with E-state index in [1.807, 2.05) is 19.1 Å². The number of aromatic nitrogens is 1. The van der Waals surface area contributed by atoms with Crippen molar-refractivity contribution < 1.29 is 14.4 Å². The standard InChI is InChI=1S/C21H23N3O3/c1-16-5-7-17(8-6-16)19(25)9-10-20(26)23-12-14-24(15-13-23)21(27)18-4-2-3-11-22-18/h2-8,11H,9-10,12-15H2,1H3. The first-order valence-electron chi connectivity index (χ1n) is 9.12. The van der Waals surface area contributed by atoms with Crippen LogP contribution in [0.4, 0.5) is 0 Å². The van der Waals surface area contributed by atoms with E-state index in [0.717, 1.165) is 5.56 Å². The number of amides is 2. The summed E-state index contributed by atoms with van der Waals surface area (Å²) in [5.74, 6) is -0.176. The van der Waals surface area contributed by atoms with Gasteiger partial charge in [0.15, 0.2) is 5.78 Å². The summed E-state index contributed by atoms with van der Waals surface area (Å²) < 4.78 is 0. The highest BCUT2D eigenvalue weighted by Crippen LogP contribution is 2.11. The van der Waals surface area contributed by atoms with E-state index >= 15 is 0 Å². The van der Waals surface area contributed by atoms with Gasteiger partial charge in [0, 0.05) is 50.8 Å². The van der Waals surface area contributed by atoms with Gasteiger partial charge in [0.25, 0.3) is 5.91 Å². The number of benzene rings is 1. The van der Waals surface area contributed by atoms with Crippen molar-refractivity contribution in [2.75, 3.05) is 26.2 Å². The Bertz CT molecular complexity index is 810. The van der Waals surface area contributed by atoms with Crippen LogP contribution in [0.25, 0.3) is 0 Å². The third-order valence-electron chi connectivity index (χ3n) is 4.74. The summed E-state index contributed by atoms with van der Waals surface area (Å²) in [5.41, 5.74) is 2.15. The van der Waals surface area contributed by atoms with Crippen LogP contribution in [0.1, 0.15) is 39.3 Å². The molecule has 0 atom stereocenters. The molecule has 2 aromatic rings. The third-order valence-corrected chi connectivity index (χ3v) is 4.74. The molecule has 1 aromatic carbocycles. The monoisotopic (exact) mass is 365 g/mol. The lowest BCUT2D eigenvalue weighted by molar-refractivity contribution is -0.132. The van der Waals surface area contributed by atoms with Crippen LogP contribution in [0.15, 0.2) is 48.7 Å². The van der Waals surface area contributed by atoms with Gasteiger partial charge in [-0.1, -0.05) is 35.9 Å². The molecule has 140 valence electrons. The molecule has 0 spiro atoms. The highest BCUT2D eigenvalue weighted by atomic mass is 16.2. The van der Waals surface area contributed by atoms with Gasteiger partial charge in [0.1, 0.15) is 5.69 Å². The van der Waals surface area contributed by atoms with Crippen LogP contribution in [0, 0.1) is 6.92 Å². The largest absolute Gasteiger partial charge is 0.339 e. The number of nitrogens with zero attached hydrogens (tertiary/aromatic N) is 3.